The Morgan fingerprint density at radius 3 is 2.57 bits per heavy atom. The molecule has 0 heterocycles. The molecule has 0 atom stereocenters. The van der Waals surface area contributed by atoms with Gasteiger partial charge in [-0.3, -0.25) is 9.59 Å². The lowest BCUT2D eigenvalue weighted by Crippen LogP contribution is -2.35. The van der Waals surface area contributed by atoms with Gasteiger partial charge in [0.1, 0.15) is 0 Å². The van der Waals surface area contributed by atoms with Crippen molar-refractivity contribution in [1.29, 1.82) is 0 Å². The number of rotatable bonds is 5. The summed E-state index contributed by atoms with van der Waals surface area (Å²) in [4.78, 5) is 23.6. The summed E-state index contributed by atoms with van der Waals surface area (Å²) in [7, 11) is 0. The predicted molar refractivity (Wildman–Crippen MR) is 91.0 cm³/mol. The van der Waals surface area contributed by atoms with Crippen LogP contribution in [0.15, 0.2) is 53.6 Å². The molecule has 0 saturated heterocycles. The fraction of sp³-hybridized carbons (Fsp3) is 0.0625. The predicted octanol–water partition coefficient (Wildman–Crippen LogP) is 2.87. The highest BCUT2D eigenvalue weighted by Crippen LogP contribution is 2.20. The van der Waals surface area contributed by atoms with Gasteiger partial charge >= 0.3 is 0 Å². The Labute approximate surface area is 143 Å². The van der Waals surface area contributed by atoms with Gasteiger partial charge in [-0.2, -0.15) is 5.10 Å². The van der Waals surface area contributed by atoms with Crippen molar-refractivity contribution < 1.29 is 9.59 Å². The second-order valence-electron chi connectivity index (χ2n) is 4.51. The van der Waals surface area contributed by atoms with Gasteiger partial charge in [0.25, 0.3) is 11.8 Å². The third kappa shape index (κ3) is 5.39. The lowest BCUT2D eigenvalue weighted by atomic mass is 10.2. The molecule has 0 aliphatic rings. The summed E-state index contributed by atoms with van der Waals surface area (Å²) < 4.78 is 0. The maximum absolute atomic E-state index is 11.9. The van der Waals surface area contributed by atoms with Crippen LogP contribution in [0.3, 0.4) is 0 Å². The summed E-state index contributed by atoms with van der Waals surface area (Å²) in [6.07, 6.45) is 1.51. The molecule has 0 unspecified atom stereocenters. The van der Waals surface area contributed by atoms with Crippen molar-refractivity contribution >= 4 is 41.2 Å². The fourth-order valence-electron chi connectivity index (χ4n) is 1.68. The van der Waals surface area contributed by atoms with E-state index in [0.717, 1.165) is 5.56 Å². The zero-order valence-corrected chi connectivity index (χ0v) is 13.4. The number of halogens is 2. The van der Waals surface area contributed by atoms with Crippen LogP contribution < -0.4 is 10.7 Å². The fourth-order valence-corrected chi connectivity index (χ4v) is 2.06. The van der Waals surface area contributed by atoms with Gasteiger partial charge in [-0.1, -0.05) is 53.5 Å². The Morgan fingerprint density at radius 1 is 1.09 bits per heavy atom. The lowest BCUT2D eigenvalue weighted by Gasteiger charge is -2.06. The van der Waals surface area contributed by atoms with Crippen molar-refractivity contribution in [3.05, 3.63) is 69.7 Å². The van der Waals surface area contributed by atoms with E-state index in [2.05, 4.69) is 15.8 Å². The minimum Gasteiger partial charge on any atom is -0.343 e. The Balaban J connectivity index is 1.83. The molecule has 0 bridgehead atoms. The molecule has 2 aromatic rings. The van der Waals surface area contributed by atoms with Gasteiger partial charge < -0.3 is 5.32 Å². The van der Waals surface area contributed by atoms with Gasteiger partial charge in [-0.15, -0.1) is 0 Å². The SMILES string of the molecule is O=C(CNC(=O)c1cc(Cl)ccc1Cl)N/N=C\c1ccccc1. The Morgan fingerprint density at radius 2 is 1.83 bits per heavy atom. The molecule has 0 spiro atoms. The first-order valence-corrected chi connectivity index (χ1v) is 7.42. The first-order valence-electron chi connectivity index (χ1n) is 6.66. The number of carbonyl (C=O) groups is 2. The van der Waals surface area contributed by atoms with Crippen molar-refractivity contribution in [3.63, 3.8) is 0 Å². The van der Waals surface area contributed by atoms with Crippen LogP contribution in [0, 0.1) is 0 Å². The van der Waals surface area contributed by atoms with Crippen LogP contribution in [-0.4, -0.2) is 24.6 Å². The van der Waals surface area contributed by atoms with Gasteiger partial charge in [0, 0.05) is 5.02 Å². The monoisotopic (exact) mass is 349 g/mol. The highest BCUT2D eigenvalue weighted by atomic mass is 35.5. The molecule has 5 nitrogen and oxygen atoms in total. The number of hydrazone groups is 1. The minimum atomic E-state index is -0.486. The largest absolute Gasteiger partial charge is 0.343 e. The maximum Gasteiger partial charge on any atom is 0.259 e. The second kappa shape index (κ2) is 8.31. The normalized spacial score (nSPS) is 10.5. The van der Waals surface area contributed by atoms with E-state index in [1.807, 2.05) is 30.3 Å². The highest BCUT2D eigenvalue weighted by Gasteiger charge is 2.12. The van der Waals surface area contributed by atoms with Crippen LogP contribution in [0.25, 0.3) is 0 Å². The summed E-state index contributed by atoms with van der Waals surface area (Å²) >= 11 is 11.7. The first-order chi connectivity index (χ1) is 11.1. The lowest BCUT2D eigenvalue weighted by molar-refractivity contribution is -0.120. The Hall–Kier alpha value is -2.37. The van der Waals surface area contributed by atoms with E-state index in [1.165, 1.54) is 18.3 Å². The van der Waals surface area contributed by atoms with Crippen LogP contribution >= 0.6 is 23.2 Å². The molecule has 0 fully saturated rings. The van der Waals surface area contributed by atoms with Crippen LogP contribution in [0.5, 0.6) is 0 Å². The number of hydrogen-bond donors (Lipinski definition) is 2. The van der Waals surface area contributed by atoms with Crippen LogP contribution in [0.2, 0.25) is 10.0 Å². The van der Waals surface area contributed by atoms with Gasteiger partial charge in [-0.25, -0.2) is 5.43 Å². The molecule has 2 N–H and O–H groups in total. The molecular weight excluding hydrogens is 337 g/mol. The summed E-state index contributed by atoms with van der Waals surface area (Å²) in [6.45, 7) is -0.228. The molecule has 23 heavy (non-hydrogen) atoms. The van der Waals surface area contributed by atoms with Crippen molar-refractivity contribution in [2.75, 3.05) is 6.54 Å². The molecule has 118 valence electrons. The van der Waals surface area contributed by atoms with Crippen LogP contribution in [-0.2, 0) is 4.79 Å². The second-order valence-corrected chi connectivity index (χ2v) is 5.35. The van der Waals surface area contributed by atoms with Crippen molar-refractivity contribution in [2.45, 2.75) is 0 Å². The van der Waals surface area contributed by atoms with Gasteiger partial charge in [0.2, 0.25) is 0 Å². The third-order valence-corrected chi connectivity index (χ3v) is 3.35. The summed E-state index contributed by atoms with van der Waals surface area (Å²) in [5.41, 5.74) is 3.38. The minimum absolute atomic E-state index is 0.208. The summed E-state index contributed by atoms with van der Waals surface area (Å²) in [5, 5.41) is 6.89. The molecule has 2 aromatic carbocycles. The van der Waals surface area contributed by atoms with Crippen molar-refractivity contribution in [2.24, 2.45) is 5.10 Å². The van der Waals surface area contributed by atoms with Crippen molar-refractivity contribution in [3.8, 4) is 0 Å². The highest BCUT2D eigenvalue weighted by molar-refractivity contribution is 6.35. The van der Waals surface area contributed by atoms with Gasteiger partial charge in [-0.05, 0) is 23.8 Å². The molecule has 2 amide bonds. The molecule has 2 rings (SSSR count). The number of benzene rings is 2. The number of carbonyl (C=O) groups excluding carboxylic acids is 2. The summed E-state index contributed by atoms with van der Waals surface area (Å²) in [6, 6.07) is 13.8. The van der Waals surface area contributed by atoms with E-state index in [-0.39, 0.29) is 17.1 Å². The van der Waals surface area contributed by atoms with Gasteiger partial charge in [0.05, 0.1) is 23.3 Å². The molecular formula is C16H13Cl2N3O2. The first kappa shape index (κ1) is 17.0. The van der Waals surface area contributed by atoms with E-state index in [4.69, 9.17) is 23.2 Å². The number of hydrogen-bond acceptors (Lipinski definition) is 3. The zero-order valence-electron chi connectivity index (χ0n) is 11.9. The Kier molecular flexibility index (Phi) is 6.14. The van der Waals surface area contributed by atoms with E-state index >= 15 is 0 Å². The summed E-state index contributed by atoms with van der Waals surface area (Å²) in [5.74, 6) is -0.941. The smallest absolute Gasteiger partial charge is 0.259 e. The number of amides is 2. The molecule has 0 radical (unpaired) electrons. The van der Waals surface area contributed by atoms with E-state index in [0.29, 0.717) is 5.02 Å². The number of nitrogens with one attached hydrogen (secondary N) is 2. The van der Waals surface area contributed by atoms with E-state index in [1.54, 1.807) is 6.07 Å². The van der Waals surface area contributed by atoms with Crippen LogP contribution in [0.1, 0.15) is 15.9 Å². The molecule has 7 heteroatoms. The molecule has 0 aromatic heterocycles. The molecule has 0 aliphatic carbocycles. The van der Waals surface area contributed by atoms with Crippen LogP contribution in [0.4, 0.5) is 0 Å². The number of nitrogens with zero attached hydrogens (tertiary/aromatic N) is 1. The topological polar surface area (TPSA) is 70.6 Å². The average molecular weight is 350 g/mol. The average Bonchev–Trinajstić information content (AvgIpc) is 2.56. The Bertz CT molecular complexity index is 733. The van der Waals surface area contributed by atoms with E-state index in [9.17, 15) is 9.59 Å². The quantitative estimate of drug-likeness (QED) is 0.643. The standard InChI is InChI=1S/C16H13Cl2N3O2/c17-12-6-7-14(18)13(8-12)16(23)19-10-15(22)21-20-9-11-4-2-1-3-5-11/h1-9H,10H2,(H,19,23)(H,21,22)/b20-9-. The maximum atomic E-state index is 11.9. The van der Waals surface area contributed by atoms with Crippen molar-refractivity contribution in [1.82, 2.24) is 10.7 Å². The third-order valence-electron chi connectivity index (χ3n) is 2.78. The molecule has 0 aliphatic heterocycles. The molecule has 0 saturated carbocycles. The van der Waals surface area contributed by atoms with Gasteiger partial charge in [0.15, 0.2) is 0 Å². The zero-order chi connectivity index (χ0) is 16.7. The van der Waals surface area contributed by atoms with E-state index < -0.39 is 11.8 Å².